The van der Waals surface area contributed by atoms with Crippen LogP contribution >= 0.6 is 0 Å². The molecule has 3 nitrogen and oxygen atoms in total. The predicted octanol–water partition coefficient (Wildman–Crippen LogP) is 19.1. The molecule has 0 atom stereocenters. The summed E-state index contributed by atoms with van der Waals surface area (Å²) in [6.45, 7) is 0. The minimum absolute atomic E-state index is 0.890. The third-order valence-corrected chi connectivity index (χ3v) is 14.1. The molecule has 0 bridgehead atoms. The number of hydrogen-bond donors (Lipinski definition) is 0. The smallest absolute Gasteiger partial charge is 0.136 e. The summed E-state index contributed by atoms with van der Waals surface area (Å²) in [5.74, 6) is 0. The topological polar surface area (TPSA) is 29.5 Å². The normalized spacial score (nSPS) is 11.8. The van der Waals surface area contributed by atoms with E-state index in [-0.39, 0.29) is 0 Å². The van der Waals surface area contributed by atoms with Gasteiger partial charge in [-0.15, -0.1) is 0 Å². The van der Waals surface area contributed by atoms with E-state index < -0.39 is 0 Å². The highest BCUT2D eigenvalue weighted by Crippen LogP contribution is 2.45. The Kier molecular flexibility index (Phi) is 8.90. The van der Waals surface area contributed by atoms with Crippen molar-refractivity contribution in [3.63, 3.8) is 0 Å². The highest BCUT2D eigenvalue weighted by molar-refractivity contribution is 6.15. The van der Waals surface area contributed by atoms with Gasteiger partial charge in [-0.2, -0.15) is 0 Å². The Morgan fingerprint density at radius 2 is 0.725 bits per heavy atom. The Bertz CT molecular complexity index is 4310. The van der Waals surface area contributed by atoms with Crippen LogP contribution in [0.2, 0.25) is 0 Å². The summed E-state index contributed by atoms with van der Waals surface area (Å²) in [6, 6.07) is 89.7. The van der Waals surface area contributed by atoms with Gasteiger partial charge in [0, 0.05) is 38.3 Å². The van der Waals surface area contributed by atoms with Crippen molar-refractivity contribution < 1.29 is 8.83 Å². The minimum Gasteiger partial charge on any atom is -0.456 e. The van der Waals surface area contributed by atoms with Gasteiger partial charge in [-0.1, -0.05) is 176 Å². The number of benzene rings is 12. The van der Waals surface area contributed by atoms with E-state index in [0.717, 1.165) is 94.3 Å². The van der Waals surface area contributed by atoms with Gasteiger partial charge in [-0.25, -0.2) is 0 Å². The highest BCUT2D eigenvalue weighted by Gasteiger charge is 2.20. The molecule has 2 heterocycles. The van der Waals surface area contributed by atoms with Gasteiger partial charge >= 0.3 is 0 Å². The fourth-order valence-corrected chi connectivity index (χ4v) is 10.7. The van der Waals surface area contributed by atoms with Gasteiger partial charge in [-0.05, 0) is 144 Å². The van der Waals surface area contributed by atoms with Crippen molar-refractivity contribution in [1.29, 1.82) is 0 Å². The van der Waals surface area contributed by atoms with Crippen LogP contribution in [0, 0.1) is 0 Å². The zero-order chi connectivity index (χ0) is 45.4. The lowest BCUT2D eigenvalue weighted by Crippen LogP contribution is -2.10. The fraction of sp³-hybridized carbons (Fsp3) is 0. The average Bonchev–Trinajstić information content (AvgIpc) is 3.99. The first-order valence-corrected chi connectivity index (χ1v) is 23.6. The summed E-state index contributed by atoms with van der Waals surface area (Å²) in [5.41, 5.74) is 16.1. The molecule has 3 heteroatoms. The van der Waals surface area contributed by atoms with E-state index in [0.29, 0.717) is 0 Å². The predicted molar refractivity (Wildman–Crippen MR) is 290 cm³/mol. The largest absolute Gasteiger partial charge is 0.456 e. The van der Waals surface area contributed by atoms with E-state index in [9.17, 15) is 0 Å². The molecule has 0 fully saturated rings. The van der Waals surface area contributed by atoms with Crippen LogP contribution in [0.25, 0.3) is 121 Å². The van der Waals surface area contributed by atoms with Crippen molar-refractivity contribution in [1.82, 2.24) is 0 Å². The summed E-state index contributed by atoms with van der Waals surface area (Å²) in [4.78, 5) is 2.41. The SMILES string of the molecule is c1cc(-c2ccc(N(c3ccc(-c4ccc5ccccc5c4-c4ccc5c(c4)oc4ccccc45)cc3)c3cc4ccccc4c4ccccc34)cc2)cc(-c2ccc3c(c2)oc2ccccc23)c1. The van der Waals surface area contributed by atoms with Crippen molar-refractivity contribution in [3.8, 4) is 44.5 Å². The van der Waals surface area contributed by atoms with Gasteiger partial charge in [0.1, 0.15) is 22.3 Å². The maximum Gasteiger partial charge on any atom is 0.136 e. The number of nitrogens with zero attached hydrogens (tertiary/aromatic N) is 1. The number of anilines is 3. The van der Waals surface area contributed by atoms with Crippen molar-refractivity contribution in [2.75, 3.05) is 4.90 Å². The van der Waals surface area contributed by atoms with Gasteiger partial charge in [0.15, 0.2) is 0 Å². The molecule has 0 amide bonds. The minimum atomic E-state index is 0.890. The lowest BCUT2D eigenvalue weighted by Gasteiger charge is -2.28. The number of para-hydroxylation sites is 2. The van der Waals surface area contributed by atoms with Crippen molar-refractivity contribution in [2.24, 2.45) is 0 Å². The molecule has 0 spiro atoms. The van der Waals surface area contributed by atoms with Crippen LogP contribution in [0.15, 0.2) is 258 Å². The molecule has 0 radical (unpaired) electrons. The van der Waals surface area contributed by atoms with E-state index in [4.69, 9.17) is 8.83 Å². The molecule has 0 aliphatic heterocycles. The summed E-state index contributed by atoms with van der Waals surface area (Å²) < 4.78 is 12.7. The van der Waals surface area contributed by atoms with Crippen LogP contribution in [-0.4, -0.2) is 0 Å². The second kappa shape index (κ2) is 15.7. The first-order chi connectivity index (χ1) is 34.2. The Labute approximate surface area is 398 Å². The second-order valence-electron chi connectivity index (χ2n) is 18.0. The van der Waals surface area contributed by atoms with Crippen molar-refractivity contribution in [2.45, 2.75) is 0 Å². The fourth-order valence-electron chi connectivity index (χ4n) is 10.7. The molecule has 12 aromatic carbocycles. The number of furan rings is 2. The van der Waals surface area contributed by atoms with E-state index in [1.807, 2.05) is 24.3 Å². The quantitative estimate of drug-likeness (QED) is 0.149. The van der Waals surface area contributed by atoms with Gasteiger partial charge in [0.2, 0.25) is 0 Å². The van der Waals surface area contributed by atoms with E-state index in [1.54, 1.807) is 0 Å². The van der Waals surface area contributed by atoms with E-state index in [2.05, 4.69) is 229 Å². The van der Waals surface area contributed by atoms with Crippen LogP contribution in [0.1, 0.15) is 0 Å². The second-order valence-corrected chi connectivity index (χ2v) is 18.0. The van der Waals surface area contributed by atoms with Crippen LogP contribution in [0.3, 0.4) is 0 Å². The van der Waals surface area contributed by atoms with Crippen LogP contribution in [0.4, 0.5) is 17.1 Å². The summed E-state index contributed by atoms with van der Waals surface area (Å²) in [7, 11) is 0. The molecule has 0 saturated heterocycles. The van der Waals surface area contributed by atoms with E-state index >= 15 is 0 Å². The molecule has 0 aliphatic rings. The number of fused-ring (bicyclic) bond motifs is 10. The Morgan fingerprint density at radius 3 is 1.41 bits per heavy atom. The first kappa shape index (κ1) is 39.0. The number of hydrogen-bond acceptors (Lipinski definition) is 3. The number of rotatable bonds is 7. The van der Waals surface area contributed by atoms with E-state index in [1.165, 1.54) is 43.4 Å². The lowest BCUT2D eigenvalue weighted by molar-refractivity contribution is 0.668. The molecule has 14 aromatic rings. The van der Waals surface area contributed by atoms with Gasteiger partial charge < -0.3 is 13.7 Å². The third-order valence-electron chi connectivity index (χ3n) is 14.1. The van der Waals surface area contributed by atoms with Crippen LogP contribution in [0.5, 0.6) is 0 Å². The molecule has 14 rings (SSSR count). The first-order valence-electron chi connectivity index (χ1n) is 23.6. The summed E-state index contributed by atoms with van der Waals surface area (Å²) in [5, 5.41) is 11.8. The lowest BCUT2D eigenvalue weighted by atomic mass is 9.89. The van der Waals surface area contributed by atoms with Crippen molar-refractivity contribution in [3.05, 3.63) is 249 Å². The standard InChI is InChI=1S/C66H41NO2/c1-4-17-53-43(12-1)28-35-54(66(53)49-30-37-60-58-21-8-10-23-63(58)69-65(60)41-49)44-26-33-51(34-27-44)67(61-39-48-13-2-3-16-52(48)55-18-5-6-19-56(55)61)50-31-24-42(25-32-50)45-14-11-15-46(38-45)47-29-36-59-57-20-7-9-22-62(57)68-64(59)40-47/h1-41H. The zero-order valence-electron chi connectivity index (χ0n) is 37.4. The molecule has 69 heavy (non-hydrogen) atoms. The molecule has 2 aromatic heterocycles. The maximum absolute atomic E-state index is 6.42. The van der Waals surface area contributed by atoms with Gasteiger partial charge in [0.05, 0.1) is 5.69 Å². The molecule has 0 saturated carbocycles. The van der Waals surface area contributed by atoms with Crippen LogP contribution in [-0.2, 0) is 0 Å². The third kappa shape index (κ3) is 6.51. The highest BCUT2D eigenvalue weighted by atomic mass is 16.3. The zero-order valence-corrected chi connectivity index (χ0v) is 37.4. The Morgan fingerprint density at radius 1 is 0.246 bits per heavy atom. The summed E-state index contributed by atoms with van der Waals surface area (Å²) in [6.07, 6.45) is 0. The average molecular weight is 880 g/mol. The molecule has 0 N–H and O–H groups in total. The van der Waals surface area contributed by atoms with Gasteiger partial charge in [-0.3, -0.25) is 0 Å². The maximum atomic E-state index is 6.42. The molecule has 0 unspecified atom stereocenters. The molecular weight excluding hydrogens is 839 g/mol. The summed E-state index contributed by atoms with van der Waals surface area (Å²) >= 11 is 0. The van der Waals surface area contributed by atoms with Gasteiger partial charge in [0.25, 0.3) is 0 Å². The Balaban J connectivity index is 0.878. The van der Waals surface area contributed by atoms with Crippen molar-refractivity contribution >= 4 is 93.3 Å². The molecular formula is C66H41NO2. The van der Waals surface area contributed by atoms with Crippen LogP contribution < -0.4 is 4.90 Å². The Hall–Kier alpha value is -9.18. The molecule has 0 aliphatic carbocycles. The molecule has 322 valence electrons. The monoisotopic (exact) mass is 879 g/mol.